The number of carbonyl (C=O) groups excluding carboxylic acids is 1. The van der Waals surface area contributed by atoms with E-state index in [0.29, 0.717) is 0 Å². The first-order valence-corrected chi connectivity index (χ1v) is 6.78. The minimum absolute atomic E-state index is 0.182. The highest BCUT2D eigenvalue weighted by molar-refractivity contribution is 5.79. The highest BCUT2D eigenvalue weighted by Gasteiger charge is 2.26. The van der Waals surface area contributed by atoms with Gasteiger partial charge in [0, 0.05) is 5.56 Å². The second-order valence-corrected chi connectivity index (χ2v) is 4.92. The Hall–Kier alpha value is -1.51. The number of methoxy groups -OCH3 is 2. The van der Waals surface area contributed by atoms with E-state index in [4.69, 9.17) is 9.47 Å². The Labute approximate surface area is 115 Å². The van der Waals surface area contributed by atoms with Crippen molar-refractivity contribution in [3.8, 4) is 5.75 Å². The Bertz CT molecular complexity index is 438. The predicted molar refractivity (Wildman–Crippen MR) is 76.8 cm³/mol. The van der Waals surface area contributed by atoms with Gasteiger partial charge in [-0.05, 0) is 37.5 Å². The molecule has 3 nitrogen and oxygen atoms in total. The van der Waals surface area contributed by atoms with E-state index in [9.17, 15) is 4.79 Å². The molecule has 0 saturated heterocycles. The van der Waals surface area contributed by atoms with Gasteiger partial charge in [-0.25, -0.2) is 0 Å². The molecule has 1 aromatic carbocycles. The summed E-state index contributed by atoms with van der Waals surface area (Å²) in [6.45, 7) is 6.17. The van der Waals surface area contributed by atoms with Crippen LogP contribution in [0.5, 0.6) is 5.75 Å². The first kappa shape index (κ1) is 15.5. The molecule has 0 fully saturated rings. The van der Waals surface area contributed by atoms with Crippen LogP contribution in [0.25, 0.3) is 0 Å². The fourth-order valence-corrected chi connectivity index (χ4v) is 2.49. The number of hydrogen-bond acceptors (Lipinski definition) is 3. The summed E-state index contributed by atoms with van der Waals surface area (Å²) in [4.78, 5) is 12.0. The summed E-state index contributed by atoms with van der Waals surface area (Å²) in [6.07, 6.45) is 2.85. The lowest BCUT2D eigenvalue weighted by molar-refractivity contribution is -0.142. The minimum atomic E-state index is -0.236. The number of aryl methyl sites for hydroxylation is 2. The number of ether oxygens (including phenoxy) is 2. The summed E-state index contributed by atoms with van der Waals surface area (Å²) in [5, 5.41) is 0. The first-order valence-electron chi connectivity index (χ1n) is 6.78. The molecule has 0 amide bonds. The Balaban J connectivity index is 3.24. The zero-order valence-corrected chi connectivity index (χ0v) is 12.6. The lowest BCUT2D eigenvalue weighted by Crippen LogP contribution is -2.16. The van der Waals surface area contributed by atoms with Gasteiger partial charge in [-0.15, -0.1) is 0 Å². The van der Waals surface area contributed by atoms with Gasteiger partial charge in [-0.3, -0.25) is 4.79 Å². The van der Waals surface area contributed by atoms with E-state index in [-0.39, 0.29) is 11.9 Å². The van der Waals surface area contributed by atoms with Crippen LogP contribution in [0.2, 0.25) is 0 Å². The monoisotopic (exact) mass is 264 g/mol. The Morgan fingerprint density at radius 2 is 1.95 bits per heavy atom. The van der Waals surface area contributed by atoms with Crippen molar-refractivity contribution >= 4 is 5.97 Å². The maximum Gasteiger partial charge on any atom is 0.313 e. The molecule has 1 unspecified atom stereocenters. The summed E-state index contributed by atoms with van der Waals surface area (Å²) in [5.41, 5.74) is 3.19. The molecule has 0 heterocycles. The number of unbranched alkanes of at least 4 members (excludes halogenated alkanes) is 1. The highest BCUT2D eigenvalue weighted by Crippen LogP contribution is 2.35. The molecular formula is C16H24O3. The van der Waals surface area contributed by atoms with Crippen molar-refractivity contribution in [1.82, 2.24) is 0 Å². The van der Waals surface area contributed by atoms with Crippen LogP contribution in [0.15, 0.2) is 12.1 Å². The molecule has 0 bridgehead atoms. The molecule has 1 aromatic rings. The van der Waals surface area contributed by atoms with Crippen LogP contribution in [-0.4, -0.2) is 20.2 Å². The van der Waals surface area contributed by atoms with Crippen LogP contribution in [-0.2, 0) is 9.53 Å². The molecule has 0 aliphatic heterocycles. The van der Waals surface area contributed by atoms with Crippen molar-refractivity contribution < 1.29 is 14.3 Å². The molecule has 19 heavy (non-hydrogen) atoms. The van der Waals surface area contributed by atoms with E-state index in [1.165, 1.54) is 7.11 Å². The largest absolute Gasteiger partial charge is 0.496 e. The standard InChI is InChI=1S/C16H24O3/c1-6-7-8-13(16(17)19-5)15-12(3)9-11(2)10-14(15)18-4/h9-10,13H,6-8H2,1-5H3. The van der Waals surface area contributed by atoms with Gasteiger partial charge in [0.25, 0.3) is 0 Å². The number of carbonyl (C=O) groups is 1. The van der Waals surface area contributed by atoms with Crippen LogP contribution in [0.1, 0.15) is 48.8 Å². The summed E-state index contributed by atoms with van der Waals surface area (Å²) in [7, 11) is 3.09. The maximum absolute atomic E-state index is 12.0. The van der Waals surface area contributed by atoms with Gasteiger partial charge >= 0.3 is 5.97 Å². The van der Waals surface area contributed by atoms with Crippen LogP contribution >= 0.6 is 0 Å². The lowest BCUT2D eigenvalue weighted by atomic mass is 9.88. The molecule has 0 aromatic heterocycles. The smallest absolute Gasteiger partial charge is 0.313 e. The summed E-state index contributed by atoms with van der Waals surface area (Å²) in [5.74, 6) is 0.364. The van der Waals surface area contributed by atoms with Gasteiger partial charge in [-0.1, -0.05) is 25.8 Å². The molecule has 3 heteroatoms. The molecule has 106 valence electrons. The minimum Gasteiger partial charge on any atom is -0.496 e. The molecule has 0 saturated carbocycles. The normalized spacial score (nSPS) is 12.1. The average Bonchev–Trinajstić information content (AvgIpc) is 2.39. The molecule has 1 atom stereocenters. The van der Waals surface area contributed by atoms with E-state index in [0.717, 1.165) is 41.7 Å². The molecule has 1 rings (SSSR count). The molecule has 0 aliphatic rings. The summed E-state index contributed by atoms with van der Waals surface area (Å²) in [6, 6.07) is 4.06. The Morgan fingerprint density at radius 3 is 2.47 bits per heavy atom. The van der Waals surface area contributed by atoms with E-state index < -0.39 is 0 Å². The zero-order chi connectivity index (χ0) is 14.4. The molecular weight excluding hydrogens is 240 g/mol. The number of rotatable bonds is 6. The van der Waals surface area contributed by atoms with Gasteiger partial charge in [0.15, 0.2) is 0 Å². The van der Waals surface area contributed by atoms with Crippen molar-refractivity contribution in [3.05, 3.63) is 28.8 Å². The summed E-state index contributed by atoms with van der Waals surface area (Å²) < 4.78 is 10.4. The zero-order valence-electron chi connectivity index (χ0n) is 12.6. The van der Waals surface area contributed by atoms with Crippen LogP contribution in [0.4, 0.5) is 0 Å². The Morgan fingerprint density at radius 1 is 1.26 bits per heavy atom. The van der Waals surface area contributed by atoms with E-state index in [2.05, 4.69) is 13.0 Å². The van der Waals surface area contributed by atoms with Crippen molar-refractivity contribution in [2.45, 2.75) is 46.0 Å². The van der Waals surface area contributed by atoms with E-state index in [1.54, 1.807) is 7.11 Å². The third-order valence-electron chi connectivity index (χ3n) is 3.39. The highest BCUT2D eigenvalue weighted by atomic mass is 16.5. The molecule has 0 radical (unpaired) electrons. The van der Waals surface area contributed by atoms with Crippen molar-refractivity contribution in [2.75, 3.05) is 14.2 Å². The SMILES string of the molecule is CCCCC(C(=O)OC)c1c(C)cc(C)cc1OC. The molecule has 0 N–H and O–H groups in total. The quantitative estimate of drug-likeness (QED) is 0.734. The van der Waals surface area contributed by atoms with Crippen molar-refractivity contribution in [2.24, 2.45) is 0 Å². The second kappa shape index (κ2) is 7.17. The predicted octanol–water partition coefficient (Wildman–Crippen LogP) is 3.76. The third-order valence-corrected chi connectivity index (χ3v) is 3.39. The first-order chi connectivity index (χ1) is 9.04. The van der Waals surface area contributed by atoms with Gasteiger partial charge in [0.1, 0.15) is 5.75 Å². The lowest BCUT2D eigenvalue weighted by Gasteiger charge is -2.20. The number of esters is 1. The van der Waals surface area contributed by atoms with Gasteiger partial charge in [-0.2, -0.15) is 0 Å². The van der Waals surface area contributed by atoms with Crippen LogP contribution < -0.4 is 4.74 Å². The molecule has 0 spiro atoms. The number of hydrogen-bond donors (Lipinski definition) is 0. The fourth-order valence-electron chi connectivity index (χ4n) is 2.49. The average molecular weight is 264 g/mol. The number of benzene rings is 1. The van der Waals surface area contributed by atoms with Gasteiger partial charge in [0.2, 0.25) is 0 Å². The topological polar surface area (TPSA) is 35.5 Å². The van der Waals surface area contributed by atoms with Crippen molar-refractivity contribution in [1.29, 1.82) is 0 Å². The van der Waals surface area contributed by atoms with Crippen molar-refractivity contribution in [3.63, 3.8) is 0 Å². The van der Waals surface area contributed by atoms with Gasteiger partial charge in [0.05, 0.1) is 20.1 Å². The summed E-state index contributed by atoms with van der Waals surface area (Å²) >= 11 is 0. The molecule has 0 aliphatic carbocycles. The van der Waals surface area contributed by atoms with Gasteiger partial charge < -0.3 is 9.47 Å². The van der Waals surface area contributed by atoms with E-state index >= 15 is 0 Å². The Kier molecular flexibility index (Phi) is 5.87. The second-order valence-electron chi connectivity index (χ2n) is 4.92. The maximum atomic E-state index is 12.0. The van der Waals surface area contributed by atoms with Crippen LogP contribution in [0, 0.1) is 13.8 Å². The fraction of sp³-hybridized carbons (Fsp3) is 0.562. The van der Waals surface area contributed by atoms with E-state index in [1.807, 2.05) is 19.9 Å². The third kappa shape index (κ3) is 3.72. The van der Waals surface area contributed by atoms with Crippen LogP contribution in [0.3, 0.4) is 0 Å².